The third kappa shape index (κ3) is 3.57. The van der Waals surface area contributed by atoms with Crippen molar-refractivity contribution in [1.29, 1.82) is 0 Å². The second kappa shape index (κ2) is 6.00. The van der Waals surface area contributed by atoms with Gasteiger partial charge in [-0.25, -0.2) is 5.84 Å². The molecule has 17 heavy (non-hydrogen) atoms. The summed E-state index contributed by atoms with van der Waals surface area (Å²) in [6, 6.07) is 8.10. The molecule has 92 valence electrons. The van der Waals surface area contributed by atoms with E-state index >= 15 is 0 Å². The molecule has 0 unspecified atom stereocenters. The van der Waals surface area contributed by atoms with Gasteiger partial charge in [0.15, 0.2) is 0 Å². The molecule has 0 aromatic heterocycles. The molecular formula is C12H17N3O2. The molecule has 1 atom stereocenters. The normalized spacial score (nSPS) is 12.0. The third-order valence-corrected chi connectivity index (χ3v) is 2.41. The lowest BCUT2D eigenvalue weighted by Crippen LogP contribution is -2.51. The second-order valence-electron chi connectivity index (χ2n) is 4.07. The van der Waals surface area contributed by atoms with E-state index in [0.717, 1.165) is 0 Å². The molecule has 0 saturated heterocycles. The molecular weight excluding hydrogens is 218 g/mol. The predicted molar refractivity (Wildman–Crippen MR) is 64.9 cm³/mol. The summed E-state index contributed by atoms with van der Waals surface area (Å²) in [7, 11) is 0. The van der Waals surface area contributed by atoms with Crippen molar-refractivity contribution >= 4 is 11.8 Å². The van der Waals surface area contributed by atoms with Crippen LogP contribution in [0.15, 0.2) is 30.3 Å². The summed E-state index contributed by atoms with van der Waals surface area (Å²) in [5, 5.41) is 2.65. The standard InChI is InChI=1S/C12H17N3O2/c1-8(2)10(12(17)15-13)14-11(16)9-6-4-3-5-7-9/h3-8,10H,13H2,1-2H3,(H,14,16)(H,15,17)/t10-/m0/s1. The first-order valence-corrected chi connectivity index (χ1v) is 5.42. The molecule has 0 bridgehead atoms. The zero-order valence-electron chi connectivity index (χ0n) is 9.94. The van der Waals surface area contributed by atoms with Crippen molar-refractivity contribution in [2.75, 3.05) is 0 Å². The molecule has 0 aliphatic rings. The number of amides is 2. The summed E-state index contributed by atoms with van der Waals surface area (Å²) in [4.78, 5) is 23.3. The van der Waals surface area contributed by atoms with Gasteiger partial charge >= 0.3 is 0 Å². The van der Waals surface area contributed by atoms with E-state index in [1.54, 1.807) is 24.3 Å². The quantitative estimate of drug-likeness (QED) is 0.402. The first-order chi connectivity index (χ1) is 8.06. The Bertz CT molecular complexity index is 390. The Balaban J connectivity index is 2.75. The first kappa shape index (κ1) is 13.2. The zero-order valence-corrected chi connectivity index (χ0v) is 9.94. The van der Waals surface area contributed by atoms with Crippen molar-refractivity contribution in [3.8, 4) is 0 Å². The van der Waals surface area contributed by atoms with Crippen LogP contribution in [-0.4, -0.2) is 17.9 Å². The van der Waals surface area contributed by atoms with Crippen molar-refractivity contribution < 1.29 is 9.59 Å². The van der Waals surface area contributed by atoms with Gasteiger partial charge in [0, 0.05) is 5.56 Å². The number of hydrazine groups is 1. The van der Waals surface area contributed by atoms with Crippen molar-refractivity contribution in [1.82, 2.24) is 10.7 Å². The zero-order chi connectivity index (χ0) is 12.8. The van der Waals surface area contributed by atoms with E-state index in [2.05, 4.69) is 5.32 Å². The largest absolute Gasteiger partial charge is 0.340 e. The molecule has 1 aromatic carbocycles. The van der Waals surface area contributed by atoms with Crippen molar-refractivity contribution in [3.05, 3.63) is 35.9 Å². The van der Waals surface area contributed by atoms with Gasteiger partial charge in [0.25, 0.3) is 11.8 Å². The average Bonchev–Trinajstić information content (AvgIpc) is 2.35. The Labute approximate surface area is 100 Å². The molecule has 2 amide bonds. The Morgan fingerprint density at radius 1 is 1.18 bits per heavy atom. The van der Waals surface area contributed by atoms with Gasteiger partial charge in [0.1, 0.15) is 6.04 Å². The number of benzene rings is 1. The molecule has 5 nitrogen and oxygen atoms in total. The Morgan fingerprint density at radius 2 is 1.76 bits per heavy atom. The maximum atomic E-state index is 11.8. The first-order valence-electron chi connectivity index (χ1n) is 5.42. The van der Waals surface area contributed by atoms with Crippen LogP contribution in [0.25, 0.3) is 0 Å². The van der Waals surface area contributed by atoms with Crippen LogP contribution in [0.4, 0.5) is 0 Å². The molecule has 0 spiro atoms. The van der Waals surface area contributed by atoms with E-state index in [9.17, 15) is 9.59 Å². The van der Waals surface area contributed by atoms with Gasteiger partial charge in [-0.3, -0.25) is 15.0 Å². The fourth-order valence-electron chi connectivity index (χ4n) is 1.44. The number of carbonyl (C=O) groups is 2. The molecule has 0 fully saturated rings. The number of nitrogens with two attached hydrogens (primary N) is 1. The average molecular weight is 235 g/mol. The number of hydrogen-bond acceptors (Lipinski definition) is 3. The summed E-state index contributed by atoms with van der Waals surface area (Å²) < 4.78 is 0. The molecule has 1 rings (SSSR count). The minimum atomic E-state index is -0.632. The van der Waals surface area contributed by atoms with Gasteiger partial charge in [0.05, 0.1) is 0 Å². The summed E-state index contributed by atoms with van der Waals surface area (Å²) in [6.45, 7) is 3.68. The minimum Gasteiger partial charge on any atom is -0.340 e. The van der Waals surface area contributed by atoms with Crippen molar-refractivity contribution in [2.45, 2.75) is 19.9 Å². The van der Waals surface area contributed by atoms with E-state index in [0.29, 0.717) is 5.56 Å². The fourth-order valence-corrected chi connectivity index (χ4v) is 1.44. The summed E-state index contributed by atoms with van der Waals surface area (Å²) >= 11 is 0. The summed E-state index contributed by atoms with van der Waals surface area (Å²) in [6.07, 6.45) is 0. The lowest BCUT2D eigenvalue weighted by molar-refractivity contribution is -0.124. The monoisotopic (exact) mass is 235 g/mol. The van der Waals surface area contributed by atoms with Crippen LogP contribution in [0.3, 0.4) is 0 Å². The van der Waals surface area contributed by atoms with Gasteiger partial charge in [-0.05, 0) is 18.1 Å². The van der Waals surface area contributed by atoms with Gasteiger partial charge in [-0.15, -0.1) is 0 Å². The van der Waals surface area contributed by atoms with Crippen molar-refractivity contribution in [3.63, 3.8) is 0 Å². The van der Waals surface area contributed by atoms with Gasteiger partial charge < -0.3 is 5.32 Å². The Kier molecular flexibility index (Phi) is 4.66. The van der Waals surface area contributed by atoms with Crippen molar-refractivity contribution in [2.24, 2.45) is 11.8 Å². The van der Waals surface area contributed by atoms with Gasteiger partial charge in [-0.1, -0.05) is 32.0 Å². The molecule has 0 aliphatic heterocycles. The Hall–Kier alpha value is -1.88. The third-order valence-electron chi connectivity index (χ3n) is 2.41. The van der Waals surface area contributed by atoms with E-state index in [-0.39, 0.29) is 11.8 Å². The molecule has 5 heteroatoms. The highest BCUT2D eigenvalue weighted by Crippen LogP contribution is 2.04. The molecule has 0 saturated carbocycles. The molecule has 0 aliphatic carbocycles. The maximum absolute atomic E-state index is 11.8. The van der Waals surface area contributed by atoms with E-state index in [4.69, 9.17) is 5.84 Å². The predicted octanol–water partition coefficient (Wildman–Crippen LogP) is 0.431. The smallest absolute Gasteiger partial charge is 0.256 e. The van der Waals surface area contributed by atoms with Crippen LogP contribution in [0.5, 0.6) is 0 Å². The maximum Gasteiger partial charge on any atom is 0.256 e. The van der Waals surface area contributed by atoms with Crippen LogP contribution in [-0.2, 0) is 4.79 Å². The number of hydrogen-bond donors (Lipinski definition) is 3. The Morgan fingerprint density at radius 3 is 2.24 bits per heavy atom. The molecule has 1 aromatic rings. The number of rotatable bonds is 4. The summed E-state index contributed by atoms with van der Waals surface area (Å²) in [5.41, 5.74) is 2.57. The number of carbonyl (C=O) groups excluding carboxylic acids is 2. The highest BCUT2D eigenvalue weighted by Gasteiger charge is 2.23. The second-order valence-corrected chi connectivity index (χ2v) is 4.07. The minimum absolute atomic E-state index is 0.0359. The van der Waals surface area contributed by atoms with Crippen LogP contribution >= 0.6 is 0 Å². The SMILES string of the molecule is CC(C)[C@H](NC(=O)c1ccccc1)C(=O)NN. The molecule has 4 N–H and O–H groups in total. The summed E-state index contributed by atoms with van der Waals surface area (Å²) in [5.74, 6) is 4.36. The van der Waals surface area contributed by atoms with E-state index < -0.39 is 11.9 Å². The topological polar surface area (TPSA) is 84.2 Å². The van der Waals surface area contributed by atoms with E-state index in [1.165, 1.54) is 0 Å². The van der Waals surface area contributed by atoms with Crippen LogP contribution in [0.1, 0.15) is 24.2 Å². The van der Waals surface area contributed by atoms with Crippen LogP contribution in [0.2, 0.25) is 0 Å². The highest BCUT2D eigenvalue weighted by atomic mass is 16.2. The van der Waals surface area contributed by atoms with E-state index in [1.807, 2.05) is 25.3 Å². The fraction of sp³-hybridized carbons (Fsp3) is 0.333. The highest BCUT2D eigenvalue weighted by molar-refractivity contribution is 5.97. The molecule has 0 heterocycles. The number of nitrogens with one attached hydrogen (secondary N) is 2. The van der Waals surface area contributed by atoms with Gasteiger partial charge in [0.2, 0.25) is 0 Å². The van der Waals surface area contributed by atoms with Gasteiger partial charge in [-0.2, -0.15) is 0 Å². The van der Waals surface area contributed by atoms with Crippen LogP contribution < -0.4 is 16.6 Å². The lowest BCUT2D eigenvalue weighted by atomic mass is 10.0. The van der Waals surface area contributed by atoms with Crippen LogP contribution in [0, 0.1) is 5.92 Å². The lowest BCUT2D eigenvalue weighted by Gasteiger charge is -2.20. The molecule has 0 radical (unpaired) electrons.